The normalized spacial score (nSPS) is 13.6. The number of carbonyl (C=O) groups is 1. The largest absolute Gasteiger partial charge is 0.513 e. The van der Waals surface area contributed by atoms with Crippen molar-refractivity contribution in [3.8, 4) is 28.4 Å². The summed E-state index contributed by atoms with van der Waals surface area (Å²) in [5, 5.41) is 12.5. The maximum atomic E-state index is 14.0. The van der Waals surface area contributed by atoms with Gasteiger partial charge in [-0.2, -0.15) is 5.09 Å². The second-order valence-electron chi connectivity index (χ2n) is 9.01. The van der Waals surface area contributed by atoms with E-state index in [0.717, 1.165) is 0 Å². The molecule has 198 valence electrons. The second kappa shape index (κ2) is 11.5. The van der Waals surface area contributed by atoms with Gasteiger partial charge in [-0.1, -0.05) is 44.2 Å². The average molecular weight is 538 g/mol. The third-order valence-electron chi connectivity index (χ3n) is 5.63. The smallest absolute Gasteiger partial charge is 0.508 e. The van der Waals surface area contributed by atoms with E-state index in [1.54, 1.807) is 42.5 Å². The summed E-state index contributed by atoms with van der Waals surface area (Å²) in [7, 11) is -2.94. The zero-order valence-corrected chi connectivity index (χ0v) is 22.0. The zero-order chi connectivity index (χ0) is 27.3. The third kappa shape index (κ3) is 6.43. The highest BCUT2D eigenvalue weighted by Crippen LogP contribution is 2.46. The number of esters is 1. The fourth-order valence-corrected chi connectivity index (χ4v) is 5.37. The fraction of sp³-hybridized carbons (Fsp3) is 0.214. The monoisotopic (exact) mass is 537 g/mol. The van der Waals surface area contributed by atoms with Crippen molar-refractivity contribution in [3.05, 3.63) is 89.3 Å². The minimum Gasteiger partial charge on any atom is -0.508 e. The number of nitrogens with one attached hydrogen (secondary N) is 1. The lowest BCUT2D eigenvalue weighted by Gasteiger charge is -2.25. The maximum Gasteiger partial charge on any atom is 0.513 e. The van der Waals surface area contributed by atoms with Crippen molar-refractivity contribution in [2.75, 3.05) is 7.11 Å². The summed E-state index contributed by atoms with van der Waals surface area (Å²) >= 11 is 0. The Bertz CT molecular complexity index is 1520. The number of aromatic hydroxyl groups is 1. The molecule has 0 radical (unpaired) electrons. The lowest BCUT2D eigenvalue weighted by Crippen LogP contribution is -2.38. The van der Waals surface area contributed by atoms with Crippen LogP contribution in [0.25, 0.3) is 22.1 Å². The van der Waals surface area contributed by atoms with Gasteiger partial charge in [0.05, 0.1) is 18.1 Å². The van der Waals surface area contributed by atoms with Crippen LogP contribution in [0.1, 0.15) is 20.3 Å². The molecular weight excluding hydrogens is 509 g/mol. The Balaban J connectivity index is 1.68. The summed E-state index contributed by atoms with van der Waals surface area (Å²) < 4.78 is 36.1. The van der Waals surface area contributed by atoms with Crippen LogP contribution in [0.2, 0.25) is 0 Å². The van der Waals surface area contributed by atoms with Gasteiger partial charge >= 0.3 is 13.7 Å². The lowest BCUT2D eigenvalue weighted by molar-refractivity contribution is -0.143. The van der Waals surface area contributed by atoms with Crippen LogP contribution >= 0.6 is 7.75 Å². The van der Waals surface area contributed by atoms with Crippen LogP contribution in [0.5, 0.6) is 17.2 Å². The number of benzene rings is 3. The van der Waals surface area contributed by atoms with E-state index in [1.165, 1.54) is 43.7 Å². The van der Waals surface area contributed by atoms with Gasteiger partial charge in [-0.05, 0) is 54.3 Å². The number of hydrogen-bond donors (Lipinski definition) is 2. The Morgan fingerprint density at radius 1 is 1.00 bits per heavy atom. The predicted octanol–water partition coefficient (Wildman–Crippen LogP) is 5.91. The standard InChI is InChI=1S/C28H28NO8P/c1-18(2)15-25(28(32)34-3)29-38(33,36-21-7-5-4-6-8-21)37-22-13-14-23-26(16-22)35-17-24(27(23)31)19-9-11-20(30)12-10-19/h4-14,16-18,25,30H,15H2,1-3H3,(H,29,33)/t25-,38?/m0/s1. The summed E-state index contributed by atoms with van der Waals surface area (Å²) in [5.74, 6) is -0.0837. The van der Waals surface area contributed by atoms with Crippen LogP contribution in [-0.4, -0.2) is 24.2 Å². The Kier molecular flexibility index (Phi) is 8.20. The van der Waals surface area contributed by atoms with E-state index in [9.17, 15) is 19.3 Å². The first-order chi connectivity index (χ1) is 18.2. The van der Waals surface area contributed by atoms with E-state index in [-0.39, 0.29) is 39.6 Å². The Morgan fingerprint density at radius 3 is 2.34 bits per heavy atom. The van der Waals surface area contributed by atoms with Gasteiger partial charge in [-0.3, -0.25) is 9.59 Å². The molecule has 0 bridgehead atoms. The van der Waals surface area contributed by atoms with E-state index >= 15 is 0 Å². The molecule has 0 saturated heterocycles. The van der Waals surface area contributed by atoms with Crippen LogP contribution in [0.3, 0.4) is 0 Å². The maximum absolute atomic E-state index is 14.0. The molecule has 2 atom stereocenters. The number of methoxy groups -OCH3 is 1. The quantitative estimate of drug-likeness (QED) is 0.188. The number of carbonyl (C=O) groups excluding carboxylic acids is 1. The van der Waals surface area contributed by atoms with Crippen molar-refractivity contribution in [2.24, 2.45) is 5.92 Å². The highest BCUT2D eigenvalue weighted by molar-refractivity contribution is 7.52. The molecule has 2 N–H and O–H groups in total. The molecule has 4 aromatic rings. The van der Waals surface area contributed by atoms with Gasteiger partial charge in [0.1, 0.15) is 35.1 Å². The molecule has 1 unspecified atom stereocenters. The highest BCUT2D eigenvalue weighted by atomic mass is 31.2. The summed E-state index contributed by atoms with van der Waals surface area (Å²) in [5.41, 5.74) is 0.823. The van der Waals surface area contributed by atoms with E-state index in [1.807, 2.05) is 13.8 Å². The minimum atomic E-state index is -4.19. The van der Waals surface area contributed by atoms with Crippen molar-refractivity contribution in [1.82, 2.24) is 5.09 Å². The molecule has 0 spiro atoms. The van der Waals surface area contributed by atoms with Gasteiger partial charge < -0.3 is 23.3 Å². The number of hydrogen-bond acceptors (Lipinski definition) is 8. The molecule has 10 heteroatoms. The lowest BCUT2D eigenvalue weighted by atomic mass is 10.1. The van der Waals surface area contributed by atoms with Gasteiger partial charge in [0.2, 0.25) is 0 Å². The first-order valence-corrected chi connectivity index (χ1v) is 13.5. The molecule has 0 saturated carbocycles. The Morgan fingerprint density at radius 2 is 1.68 bits per heavy atom. The van der Waals surface area contributed by atoms with Crippen molar-refractivity contribution in [2.45, 2.75) is 26.3 Å². The summed E-state index contributed by atoms with van der Waals surface area (Å²) in [6.45, 7) is 3.83. The Labute approximate surface area is 219 Å². The van der Waals surface area contributed by atoms with Crippen molar-refractivity contribution in [1.29, 1.82) is 0 Å². The molecule has 0 amide bonds. The predicted molar refractivity (Wildman–Crippen MR) is 143 cm³/mol. The summed E-state index contributed by atoms with van der Waals surface area (Å²) in [4.78, 5) is 25.5. The van der Waals surface area contributed by atoms with E-state index in [0.29, 0.717) is 17.5 Å². The van der Waals surface area contributed by atoms with Crippen LogP contribution in [-0.2, 0) is 14.1 Å². The molecule has 1 heterocycles. The van der Waals surface area contributed by atoms with Gasteiger partial charge in [-0.15, -0.1) is 0 Å². The molecule has 0 aliphatic carbocycles. The van der Waals surface area contributed by atoms with Crippen LogP contribution in [0, 0.1) is 5.92 Å². The summed E-state index contributed by atoms with van der Waals surface area (Å²) in [6, 6.07) is 18.0. The van der Waals surface area contributed by atoms with E-state index in [2.05, 4.69) is 5.09 Å². The van der Waals surface area contributed by atoms with Gasteiger partial charge in [0.15, 0.2) is 5.43 Å². The minimum absolute atomic E-state index is 0.0782. The SMILES string of the molecule is COC(=O)[C@H](CC(C)C)NP(=O)(Oc1ccccc1)Oc1ccc2c(=O)c(-c3ccc(O)cc3)coc2c1. The van der Waals surface area contributed by atoms with Crippen molar-refractivity contribution >= 4 is 24.7 Å². The van der Waals surface area contributed by atoms with Crippen LogP contribution in [0.4, 0.5) is 0 Å². The third-order valence-corrected chi connectivity index (χ3v) is 7.16. The Hall–Kier alpha value is -4.07. The molecule has 0 aliphatic heterocycles. The van der Waals surface area contributed by atoms with Crippen LogP contribution in [0.15, 0.2) is 88.3 Å². The van der Waals surface area contributed by atoms with Gasteiger partial charge in [0, 0.05) is 6.07 Å². The molecular formula is C28H28NO8P. The molecule has 0 aliphatic rings. The number of fused-ring (bicyclic) bond motifs is 1. The topological polar surface area (TPSA) is 124 Å². The van der Waals surface area contributed by atoms with Gasteiger partial charge in [-0.25, -0.2) is 4.57 Å². The highest BCUT2D eigenvalue weighted by Gasteiger charge is 2.36. The summed E-state index contributed by atoms with van der Waals surface area (Å²) in [6.07, 6.45) is 1.64. The number of rotatable bonds is 10. The molecule has 4 rings (SSSR count). The molecule has 9 nitrogen and oxygen atoms in total. The molecule has 0 fully saturated rings. The second-order valence-corrected chi connectivity index (χ2v) is 10.6. The average Bonchev–Trinajstić information content (AvgIpc) is 2.89. The number of ether oxygens (including phenoxy) is 1. The van der Waals surface area contributed by atoms with E-state index < -0.39 is 19.8 Å². The fourth-order valence-electron chi connectivity index (χ4n) is 3.84. The number of phenols is 1. The number of phenolic OH excluding ortho intramolecular Hbond substituents is 1. The van der Waals surface area contributed by atoms with Gasteiger partial charge in [0.25, 0.3) is 0 Å². The first-order valence-electron chi connectivity index (χ1n) is 11.9. The van der Waals surface area contributed by atoms with E-state index in [4.69, 9.17) is 18.2 Å². The van der Waals surface area contributed by atoms with Crippen LogP contribution < -0.4 is 19.6 Å². The molecule has 3 aromatic carbocycles. The number of para-hydroxylation sites is 1. The van der Waals surface area contributed by atoms with Crippen molar-refractivity contribution < 1.29 is 32.7 Å². The van der Waals surface area contributed by atoms with Crippen molar-refractivity contribution in [3.63, 3.8) is 0 Å². The molecule has 38 heavy (non-hydrogen) atoms. The molecule has 1 aromatic heterocycles. The zero-order valence-electron chi connectivity index (χ0n) is 21.1. The first kappa shape index (κ1) is 27.0.